The van der Waals surface area contributed by atoms with E-state index in [4.69, 9.17) is 6.57 Å². The third kappa shape index (κ3) is 2.09. The number of benzene rings is 1. The average Bonchev–Trinajstić information content (AvgIpc) is 2.01. The Labute approximate surface area is 80.2 Å². The van der Waals surface area contributed by atoms with Gasteiger partial charge in [0, 0.05) is 0 Å². The van der Waals surface area contributed by atoms with Gasteiger partial charge in [0.2, 0.25) is 0 Å². The van der Waals surface area contributed by atoms with E-state index in [9.17, 15) is 0 Å². The molecule has 0 fully saturated rings. The summed E-state index contributed by atoms with van der Waals surface area (Å²) in [4.78, 5) is 3.55. The molecule has 1 nitrogen and oxygen atoms in total. The van der Waals surface area contributed by atoms with E-state index in [0.717, 1.165) is 16.8 Å². The van der Waals surface area contributed by atoms with Crippen molar-refractivity contribution in [2.24, 2.45) is 0 Å². The highest BCUT2D eigenvalue weighted by Crippen LogP contribution is 2.31. The lowest BCUT2D eigenvalue weighted by Crippen LogP contribution is -2.10. The van der Waals surface area contributed by atoms with Crippen molar-refractivity contribution in [1.29, 1.82) is 0 Å². The highest BCUT2D eigenvalue weighted by atomic mass is 14.7. The molecular formula is C12H15N. The van der Waals surface area contributed by atoms with Crippen LogP contribution in [0.5, 0.6) is 0 Å². The summed E-state index contributed by atoms with van der Waals surface area (Å²) in [7, 11) is 0. The molecule has 0 heterocycles. The van der Waals surface area contributed by atoms with E-state index in [1.54, 1.807) is 0 Å². The smallest absolute Gasteiger partial charge is 0.191 e. The Balaban J connectivity index is 3.32. The van der Waals surface area contributed by atoms with Gasteiger partial charge in [0.15, 0.2) is 5.69 Å². The van der Waals surface area contributed by atoms with Gasteiger partial charge in [-0.3, -0.25) is 0 Å². The number of rotatable bonds is 0. The summed E-state index contributed by atoms with van der Waals surface area (Å²) in [5.41, 5.74) is 3.13. The summed E-state index contributed by atoms with van der Waals surface area (Å²) >= 11 is 0. The van der Waals surface area contributed by atoms with Gasteiger partial charge in [-0.2, -0.15) is 0 Å². The monoisotopic (exact) mass is 173 g/mol. The summed E-state index contributed by atoms with van der Waals surface area (Å²) in [5, 5.41) is 0. The van der Waals surface area contributed by atoms with E-state index < -0.39 is 0 Å². The molecule has 0 bridgehead atoms. The van der Waals surface area contributed by atoms with Gasteiger partial charge in [-0.05, 0) is 17.9 Å². The number of aryl methyl sites for hydroxylation is 1. The molecule has 0 unspecified atom stereocenters. The molecule has 0 aromatic heterocycles. The third-order valence-corrected chi connectivity index (χ3v) is 2.08. The number of nitrogens with zero attached hydrogens (tertiary/aromatic N) is 1. The quantitative estimate of drug-likeness (QED) is 0.525. The molecule has 0 radical (unpaired) electrons. The van der Waals surface area contributed by atoms with Gasteiger partial charge in [-0.25, -0.2) is 4.85 Å². The van der Waals surface area contributed by atoms with Crippen LogP contribution >= 0.6 is 0 Å². The maximum atomic E-state index is 7.09. The van der Waals surface area contributed by atoms with Crippen LogP contribution in [0.25, 0.3) is 4.85 Å². The molecule has 0 aliphatic heterocycles. The Morgan fingerprint density at radius 2 is 1.85 bits per heavy atom. The minimum atomic E-state index is 0.0631. The molecule has 68 valence electrons. The zero-order valence-corrected chi connectivity index (χ0v) is 8.68. The molecular weight excluding hydrogens is 158 g/mol. The standard InChI is InChI=1S/C12H15N/c1-9-6-7-10(12(2,3)4)11(8-9)13-5/h6-8H,1-4H3. The Kier molecular flexibility index (Phi) is 2.43. The third-order valence-electron chi connectivity index (χ3n) is 2.08. The fourth-order valence-electron chi connectivity index (χ4n) is 1.37. The van der Waals surface area contributed by atoms with Crippen LogP contribution in [0.4, 0.5) is 5.69 Å². The Morgan fingerprint density at radius 1 is 1.23 bits per heavy atom. The molecule has 1 rings (SSSR count). The van der Waals surface area contributed by atoms with Crippen molar-refractivity contribution in [3.05, 3.63) is 40.7 Å². The summed E-state index contributed by atoms with van der Waals surface area (Å²) in [6.45, 7) is 15.5. The topological polar surface area (TPSA) is 4.36 Å². The van der Waals surface area contributed by atoms with E-state index in [-0.39, 0.29) is 5.41 Å². The van der Waals surface area contributed by atoms with Crippen LogP contribution in [0.2, 0.25) is 0 Å². The van der Waals surface area contributed by atoms with Crippen LogP contribution in [0.1, 0.15) is 31.9 Å². The number of hydrogen-bond acceptors (Lipinski definition) is 0. The second-order valence-corrected chi connectivity index (χ2v) is 4.38. The highest BCUT2D eigenvalue weighted by molar-refractivity contribution is 5.56. The molecule has 1 heteroatoms. The minimum Gasteiger partial charge on any atom is -0.238 e. The van der Waals surface area contributed by atoms with E-state index in [0.29, 0.717) is 0 Å². The molecule has 0 atom stereocenters. The van der Waals surface area contributed by atoms with Gasteiger partial charge in [0.25, 0.3) is 0 Å². The number of hydrogen-bond donors (Lipinski definition) is 0. The highest BCUT2D eigenvalue weighted by Gasteiger charge is 2.17. The summed E-state index contributed by atoms with van der Waals surface area (Å²) < 4.78 is 0. The van der Waals surface area contributed by atoms with Crippen LogP contribution in [-0.2, 0) is 5.41 Å². The van der Waals surface area contributed by atoms with Gasteiger partial charge in [-0.1, -0.05) is 44.5 Å². The first-order valence-electron chi connectivity index (χ1n) is 4.44. The van der Waals surface area contributed by atoms with Crippen molar-refractivity contribution in [2.45, 2.75) is 33.1 Å². The van der Waals surface area contributed by atoms with Crippen molar-refractivity contribution >= 4 is 5.69 Å². The average molecular weight is 173 g/mol. The normalized spacial score (nSPS) is 11.0. The Bertz CT molecular complexity index is 350. The van der Waals surface area contributed by atoms with Gasteiger partial charge in [-0.15, -0.1) is 0 Å². The van der Waals surface area contributed by atoms with Gasteiger partial charge in [0.1, 0.15) is 0 Å². The van der Waals surface area contributed by atoms with Crippen molar-refractivity contribution in [3.63, 3.8) is 0 Å². The van der Waals surface area contributed by atoms with Crippen molar-refractivity contribution in [3.8, 4) is 0 Å². The first kappa shape index (κ1) is 9.80. The zero-order chi connectivity index (χ0) is 10.1. The lowest BCUT2D eigenvalue weighted by Gasteiger charge is -2.20. The molecule has 0 aliphatic rings. The second-order valence-electron chi connectivity index (χ2n) is 4.38. The van der Waals surface area contributed by atoms with Crippen LogP contribution in [-0.4, -0.2) is 0 Å². The fraction of sp³-hybridized carbons (Fsp3) is 0.417. The molecule has 0 amide bonds. The van der Waals surface area contributed by atoms with E-state index >= 15 is 0 Å². The zero-order valence-electron chi connectivity index (χ0n) is 8.68. The molecule has 0 spiro atoms. The van der Waals surface area contributed by atoms with Crippen LogP contribution in [0.3, 0.4) is 0 Å². The lowest BCUT2D eigenvalue weighted by molar-refractivity contribution is 0.593. The molecule has 0 saturated carbocycles. The largest absolute Gasteiger partial charge is 0.238 e. The molecule has 0 saturated heterocycles. The van der Waals surface area contributed by atoms with Crippen LogP contribution in [0.15, 0.2) is 18.2 Å². The first-order chi connectivity index (χ1) is 5.95. The maximum Gasteiger partial charge on any atom is 0.191 e. The summed E-state index contributed by atoms with van der Waals surface area (Å²) in [5.74, 6) is 0. The predicted octanol–water partition coefficient (Wildman–Crippen LogP) is 3.84. The SMILES string of the molecule is [C-]#[N+]c1cc(C)ccc1C(C)(C)C. The Morgan fingerprint density at radius 3 is 2.31 bits per heavy atom. The molecule has 0 aliphatic carbocycles. The van der Waals surface area contributed by atoms with E-state index in [2.05, 4.69) is 37.7 Å². The fourth-order valence-corrected chi connectivity index (χ4v) is 1.37. The summed E-state index contributed by atoms with van der Waals surface area (Å²) in [6.07, 6.45) is 0. The lowest BCUT2D eigenvalue weighted by atomic mass is 9.85. The van der Waals surface area contributed by atoms with Gasteiger partial charge in [0.05, 0.1) is 6.57 Å². The molecule has 0 N–H and O–H groups in total. The first-order valence-corrected chi connectivity index (χ1v) is 4.44. The molecule has 13 heavy (non-hydrogen) atoms. The second kappa shape index (κ2) is 3.22. The van der Waals surface area contributed by atoms with Crippen molar-refractivity contribution < 1.29 is 0 Å². The van der Waals surface area contributed by atoms with Gasteiger partial charge >= 0.3 is 0 Å². The molecule has 1 aromatic carbocycles. The summed E-state index contributed by atoms with van der Waals surface area (Å²) in [6, 6.07) is 6.07. The Hall–Kier alpha value is -1.29. The van der Waals surface area contributed by atoms with Crippen LogP contribution in [0, 0.1) is 13.5 Å². The van der Waals surface area contributed by atoms with Gasteiger partial charge < -0.3 is 0 Å². The maximum absolute atomic E-state index is 7.09. The predicted molar refractivity (Wildman–Crippen MR) is 56.1 cm³/mol. The van der Waals surface area contributed by atoms with Crippen molar-refractivity contribution in [2.75, 3.05) is 0 Å². The van der Waals surface area contributed by atoms with Crippen molar-refractivity contribution in [1.82, 2.24) is 0 Å². The van der Waals surface area contributed by atoms with E-state index in [1.165, 1.54) is 0 Å². The minimum absolute atomic E-state index is 0.0631. The van der Waals surface area contributed by atoms with Crippen LogP contribution < -0.4 is 0 Å². The molecule has 1 aromatic rings. The van der Waals surface area contributed by atoms with E-state index in [1.807, 2.05) is 13.0 Å².